The number of nitrogens with one attached hydrogen (secondary N) is 1. The van der Waals surface area contributed by atoms with E-state index in [4.69, 9.17) is 5.26 Å². The number of β-lactam (4-membered cyclic amide) rings is 1. The Labute approximate surface area is 260 Å². The van der Waals surface area contributed by atoms with Gasteiger partial charge in [0.1, 0.15) is 17.5 Å². The van der Waals surface area contributed by atoms with Crippen LogP contribution < -0.4 is 4.90 Å². The van der Waals surface area contributed by atoms with Crippen molar-refractivity contribution in [1.29, 1.82) is 5.26 Å². The maximum absolute atomic E-state index is 13.6. The number of anilines is 1. The van der Waals surface area contributed by atoms with Crippen molar-refractivity contribution >= 4 is 11.6 Å². The molecule has 0 spiro atoms. The fourth-order valence-electron chi connectivity index (χ4n) is 5.69. The Balaban J connectivity index is 1.31. The zero-order valence-corrected chi connectivity index (χ0v) is 24.7. The van der Waals surface area contributed by atoms with Crippen molar-refractivity contribution in [3.63, 3.8) is 0 Å². The Morgan fingerprint density at radius 2 is 1.60 bits per heavy atom. The van der Waals surface area contributed by atoms with E-state index in [1.165, 1.54) is 12.1 Å². The lowest BCUT2D eigenvalue weighted by Crippen LogP contribution is -2.55. The van der Waals surface area contributed by atoms with Gasteiger partial charge in [-0.15, -0.1) is 0 Å². The number of nitrogens with zero attached hydrogens (tertiary/aromatic N) is 4. The van der Waals surface area contributed by atoms with Gasteiger partial charge in [0, 0.05) is 12.1 Å². The van der Waals surface area contributed by atoms with Crippen LogP contribution in [0.4, 0.5) is 10.1 Å². The highest BCUT2D eigenvalue weighted by atomic mass is 19.1. The van der Waals surface area contributed by atoms with E-state index >= 15 is 0 Å². The number of aromatic amines is 1. The predicted molar refractivity (Wildman–Crippen MR) is 163 cm³/mol. The number of aromatic nitrogens is 3. The highest BCUT2D eigenvalue weighted by Gasteiger charge is 2.48. The number of hydrogen-bond donors (Lipinski definition) is 5. The van der Waals surface area contributed by atoms with Crippen LogP contribution in [-0.2, 0) is 24.1 Å². The molecule has 5 N–H and O–H groups in total. The standard InChI is InChI=1S/C34H36FN5O5/c35-26-10-8-24(9-11-26)29(43)15-14-28-32(25-6-1-23(2-7-25)17-18-34(45,20-41)21-42)40(33(28)44)27-12-3-22(4-13-27)5-16-30-37-31(19-36)39-38-30/h1-4,6-13,28-29,32,41-43,45H,5,14-18,20-21H2,(H,37,38,39)/t28-,29+,32-/m1/s1. The Bertz CT molecular complexity index is 1610. The Kier molecular flexibility index (Phi) is 10.0. The van der Waals surface area contributed by atoms with Crippen LogP contribution in [0, 0.1) is 23.1 Å². The molecule has 0 radical (unpaired) electrons. The number of halogens is 1. The molecule has 10 nitrogen and oxygen atoms in total. The molecule has 1 amide bonds. The first kappa shape index (κ1) is 31.9. The molecule has 1 aliphatic heterocycles. The van der Waals surface area contributed by atoms with Crippen molar-refractivity contribution in [1.82, 2.24) is 15.2 Å². The minimum absolute atomic E-state index is 0.0520. The summed E-state index contributed by atoms with van der Waals surface area (Å²) in [5.41, 5.74) is 2.65. The summed E-state index contributed by atoms with van der Waals surface area (Å²) < 4.78 is 13.4. The molecule has 0 saturated carbocycles. The minimum Gasteiger partial charge on any atom is -0.393 e. The van der Waals surface area contributed by atoms with Gasteiger partial charge in [-0.05, 0) is 78.6 Å². The number of carbonyl (C=O) groups excluding carboxylic acids is 1. The van der Waals surface area contributed by atoms with Gasteiger partial charge in [0.25, 0.3) is 0 Å². The van der Waals surface area contributed by atoms with E-state index in [-0.39, 0.29) is 35.9 Å². The molecule has 2 heterocycles. The zero-order chi connectivity index (χ0) is 32.0. The number of aliphatic hydroxyl groups excluding tert-OH is 3. The summed E-state index contributed by atoms with van der Waals surface area (Å²) in [6, 6.07) is 22.8. The second-order valence-corrected chi connectivity index (χ2v) is 11.6. The predicted octanol–water partition coefficient (Wildman–Crippen LogP) is 3.47. The average molecular weight is 614 g/mol. The summed E-state index contributed by atoms with van der Waals surface area (Å²) in [5.74, 6) is -0.0792. The van der Waals surface area contributed by atoms with Crippen LogP contribution in [0.15, 0.2) is 72.8 Å². The van der Waals surface area contributed by atoms with Crippen LogP contribution in [0.1, 0.15) is 65.3 Å². The quantitative estimate of drug-likeness (QED) is 0.135. The van der Waals surface area contributed by atoms with Crippen LogP contribution >= 0.6 is 0 Å². The van der Waals surface area contributed by atoms with Crippen LogP contribution in [0.2, 0.25) is 0 Å². The number of carbonyl (C=O) groups is 1. The van der Waals surface area contributed by atoms with Crippen molar-refractivity contribution < 1.29 is 29.6 Å². The van der Waals surface area contributed by atoms with E-state index in [0.717, 1.165) is 22.4 Å². The molecule has 1 saturated heterocycles. The SMILES string of the molecule is N#Cc1nc(CCc2ccc(N3C(=O)[C@H](CC[C@H](O)c4ccc(F)cc4)[C@H]3c3ccc(CCC(O)(CO)CO)cc3)cc2)n[nH]1. The summed E-state index contributed by atoms with van der Waals surface area (Å²) in [6.45, 7) is -1.07. The van der Waals surface area contributed by atoms with Gasteiger partial charge >= 0.3 is 0 Å². The van der Waals surface area contributed by atoms with Crippen LogP contribution in [0.5, 0.6) is 0 Å². The van der Waals surface area contributed by atoms with Gasteiger partial charge in [-0.2, -0.15) is 10.4 Å². The second kappa shape index (κ2) is 14.1. The maximum Gasteiger partial charge on any atom is 0.233 e. The molecule has 0 unspecified atom stereocenters. The number of aliphatic hydroxyl groups is 4. The molecule has 1 aromatic heterocycles. The van der Waals surface area contributed by atoms with E-state index in [1.54, 1.807) is 17.0 Å². The maximum atomic E-state index is 13.6. The topological polar surface area (TPSA) is 167 Å². The number of hydrogen-bond acceptors (Lipinski definition) is 8. The van der Waals surface area contributed by atoms with E-state index in [0.29, 0.717) is 43.5 Å². The summed E-state index contributed by atoms with van der Waals surface area (Å²) in [4.78, 5) is 19.5. The van der Waals surface area contributed by atoms with Gasteiger partial charge in [-0.1, -0.05) is 48.5 Å². The van der Waals surface area contributed by atoms with Gasteiger partial charge in [-0.3, -0.25) is 9.89 Å². The highest BCUT2D eigenvalue weighted by Crippen LogP contribution is 2.46. The van der Waals surface area contributed by atoms with E-state index in [2.05, 4.69) is 15.2 Å². The molecule has 0 aliphatic carbocycles. The number of aryl methyl sites for hydroxylation is 3. The van der Waals surface area contributed by atoms with Crippen LogP contribution in [-0.4, -0.2) is 60.3 Å². The number of benzene rings is 3. The Morgan fingerprint density at radius 3 is 2.22 bits per heavy atom. The van der Waals surface area contributed by atoms with Crippen molar-refractivity contribution in [2.75, 3.05) is 18.1 Å². The zero-order valence-electron chi connectivity index (χ0n) is 24.7. The fraction of sp³-hybridized carbons (Fsp3) is 0.353. The van der Waals surface area contributed by atoms with Crippen molar-refractivity contribution in [3.05, 3.63) is 113 Å². The highest BCUT2D eigenvalue weighted by molar-refractivity contribution is 6.03. The molecule has 5 rings (SSSR count). The van der Waals surface area contributed by atoms with E-state index in [9.17, 15) is 29.6 Å². The van der Waals surface area contributed by atoms with Crippen molar-refractivity contribution in [2.45, 2.75) is 56.3 Å². The molecule has 3 aromatic carbocycles. The lowest BCUT2D eigenvalue weighted by atomic mass is 9.78. The molecule has 1 aliphatic rings. The third kappa shape index (κ3) is 7.44. The third-order valence-electron chi connectivity index (χ3n) is 8.50. The van der Waals surface area contributed by atoms with Gasteiger partial charge in [-0.25, -0.2) is 9.37 Å². The van der Waals surface area contributed by atoms with Crippen LogP contribution in [0.25, 0.3) is 0 Å². The smallest absolute Gasteiger partial charge is 0.233 e. The fourth-order valence-corrected chi connectivity index (χ4v) is 5.69. The average Bonchev–Trinajstić information content (AvgIpc) is 3.54. The molecule has 0 bridgehead atoms. The van der Waals surface area contributed by atoms with Gasteiger partial charge in [0.2, 0.25) is 11.7 Å². The summed E-state index contributed by atoms with van der Waals surface area (Å²) in [7, 11) is 0. The molecular formula is C34H36FN5O5. The Hall–Kier alpha value is -4.47. The number of H-pyrrole nitrogens is 1. The summed E-state index contributed by atoms with van der Waals surface area (Å²) in [6.07, 6.45) is 1.79. The second-order valence-electron chi connectivity index (χ2n) is 11.6. The van der Waals surface area contributed by atoms with Crippen molar-refractivity contribution in [3.8, 4) is 6.07 Å². The number of nitriles is 1. The lowest BCUT2D eigenvalue weighted by Gasteiger charge is -2.48. The molecule has 3 atom stereocenters. The third-order valence-corrected chi connectivity index (χ3v) is 8.50. The number of rotatable bonds is 14. The monoisotopic (exact) mass is 613 g/mol. The molecule has 234 valence electrons. The molecular weight excluding hydrogens is 577 g/mol. The first-order valence-electron chi connectivity index (χ1n) is 14.9. The van der Waals surface area contributed by atoms with Gasteiger partial charge in [0.15, 0.2) is 5.82 Å². The lowest BCUT2D eigenvalue weighted by molar-refractivity contribution is -0.131. The normalized spacial score (nSPS) is 17.2. The molecule has 11 heteroatoms. The molecule has 45 heavy (non-hydrogen) atoms. The largest absolute Gasteiger partial charge is 0.393 e. The van der Waals surface area contributed by atoms with Crippen molar-refractivity contribution in [2.24, 2.45) is 5.92 Å². The summed E-state index contributed by atoms with van der Waals surface area (Å²) >= 11 is 0. The minimum atomic E-state index is -1.55. The first-order chi connectivity index (χ1) is 21.7. The van der Waals surface area contributed by atoms with Gasteiger partial charge < -0.3 is 25.3 Å². The first-order valence-corrected chi connectivity index (χ1v) is 14.9. The number of amides is 1. The molecule has 4 aromatic rings. The Morgan fingerprint density at radius 1 is 0.956 bits per heavy atom. The van der Waals surface area contributed by atoms with E-state index < -0.39 is 24.9 Å². The van der Waals surface area contributed by atoms with E-state index in [1.807, 2.05) is 54.6 Å². The molecule has 1 fully saturated rings. The summed E-state index contributed by atoms with van der Waals surface area (Å²) in [5, 5.41) is 55.3. The van der Waals surface area contributed by atoms with Gasteiger partial charge in [0.05, 0.1) is 31.3 Å². The van der Waals surface area contributed by atoms with Crippen LogP contribution in [0.3, 0.4) is 0 Å².